The van der Waals surface area contributed by atoms with Crippen molar-refractivity contribution >= 4 is 11.6 Å². The lowest BCUT2D eigenvalue weighted by molar-refractivity contribution is 0.0701. The zero-order chi connectivity index (χ0) is 14.0. The summed E-state index contributed by atoms with van der Waals surface area (Å²) in [5, 5.41) is 0. The second-order valence-electron chi connectivity index (χ2n) is 5.00. The Balaban J connectivity index is 2.11. The van der Waals surface area contributed by atoms with E-state index in [1.54, 1.807) is 24.3 Å². The molecule has 0 bridgehead atoms. The molecule has 0 amide bonds. The Labute approximate surface area is 113 Å². The molecule has 1 heterocycles. The van der Waals surface area contributed by atoms with Gasteiger partial charge in [-0.2, -0.15) is 0 Å². The minimum Gasteiger partial charge on any atom is -0.370 e. The summed E-state index contributed by atoms with van der Waals surface area (Å²) in [5.41, 5.74) is 1.66. The molecule has 2 atom stereocenters. The van der Waals surface area contributed by atoms with E-state index in [9.17, 15) is 9.59 Å². The number of benzene rings is 1. The van der Waals surface area contributed by atoms with Crippen molar-refractivity contribution in [3.63, 3.8) is 0 Å². The molecule has 3 heteroatoms. The summed E-state index contributed by atoms with van der Waals surface area (Å²) in [5.74, 6) is -0.111. The largest absolute Gasteiger partial charge is 0.370 e. The van der Waals surface area contributed by atoms with Crippen molar-refractivity contribution < 1.29 is 14.3 Å². The first kappa shape index (κ1) is 13.7. The van der Waals surface area contributed by atoms with Gasteiger partial charge in [0.1, 0.15) is 0 Å². The van der Waals surface area contributed by atoms with Gasteiger partial charge in [0.25, 0.3) is 0 Å². The molecule has 1 fully saturated rings. The van der Waals surface area contributed by atoms with Crippen LogP contribution in [0.1, 0.15) is 47.4 Å². The van der Waals surface area contributed by atoms with Crippen molar-refractivity contribution in [3.8, 4) is 0 Å². The molecule has 1 saturated heterocycles. The number of hydrogen-bond acceptors (Lipinski definition) is 3. The van der Waals surface area contributed by atoms with Crippen LogP contribution in [-0.2, 0) is 4.74 Å². The number of Topliss-reactive ketones (excluding diaryl/α,β-unsaturated/α-hetero) is 2. The van der Waals surface area contributed by atoms with Gasteiger partial charge in [-0.3, -0.25) is 9.59 Å². The predicted molar refractivity (Wildman–Crippen MR) is 73.5 cm³/mol. The van der Waals surface area contributed by atoms with E-state index in [0.717, 1.165) is 12.8 Å². The third-order valence-electron chi connectivity index (χ3n) is 3.47. The van der Waals surface area contributed by atoms with Crippen molar-refractivity contribution in [1.29, 1.82) is 0 Å². The van der Waals surface area contributed by atoms with Crippen LogP contribution in [0.5, 0.6) is 0 Å². The normalized spacial score (nSPS) is 22.2. The van der Waals surface area contributed by atoms with Gasteiger partial charge < -0.3 is 4.74 Å². The zero-order valence-electron chi connectivity index (χ0n) is 11.3. The molecular formula is C16H18O3. The van der Waals surface area contributed by atoms with Gasteiger partial charge in [-0.15, -0.1) is 0 Å². The van der Waals surface area contributed by atoms with Crippen LogP contribution < -0.4 is 0 Å². The number of ether oxygens (including phenoxy) is 1. The first-order valence-electron chi connectivity index (χ1n) is 6.49. The molecule has 0 aliphatic carbocycles. The predicted octanol–water partition coefficient (Wildman–Crippen LogP) is 3.20. The molecule has 0 aromatic heterocycles. The van der Waals surface area contributed by atoms with Crippen LogP contribution in [0.15, 0.2) is 36.4 Å². The van der Waals surface area contributed by atoms with E-state index >= 15 is 0 Å². The molecule has 0 saturated carbocycles. The lowest BCUT2D eigenvalue weighted by Gasteiger charge is -2.13. The van der Waals surface area contributed by atoms with E-state index in [2.05, 4.69) is 6.58 Å². The molecule has 19 heavy (non-hydrogen) atoms. The average molecular weight is 258 g/mol. The number of carbonyl (C=O) groups is 2. The Bertz CT molecular complexity index is 513. The fourth-order valence-electron chi connectivity index (χ4n) is 2.25. The third-order valence-corrected chi connectivity index (χ3v) is 3.47. The van der Waals surface area contributed by atoms with Gasteiger partial charge in [0.05, 0.1) is 12.2 Å². The molecule has 0 radical (unpaired) electrons. The number of hydrogen-bond donors (Lipinski definition) is 0. The van der Waals surface area contributed by atoms with Crippen molar-refractivity contribution in [1.82, 2.24) is 0 Å². The maximum absolute atomic E-state index is 12.3. The fourth-order valence-corrected chi connectivity index (χ4v) is 2.25. The minimum absolute atomic E-state index is 0.00854. The maximum atomic E-state index is 12.3. The second kappa shape index (κ2) is 5.49. The first-order chi connectivity index (χ1) is 8.99. The smallest absolute Gasteiger partial charge is 0.191 e. The van der Waals surface area contributed by atoms with Crippen molar-refractivity contribution in [2.75, 3.05) is 0 Å². The van der Waals surface area contributed by atoms with E-state index in [-0.39, 0.29) is 23.8 Å². The van der Waals surface area contributed by atoms with Crippen molar-refractivity contribution in [2.24, 2.45) is 0 Å². The second-order valence-corrected chi connectivity index (χ2v) is 5.00. The lowest BCUT2D eigenvalue weighted by Crippen LogP contribution is -2.18. The van der Waals surface area contributed by atoms with Gasteiger partial charge >= 0.3 is 0 Å². The van der Waals surface area contributed by atoms with E-state index in [1.807, 2.05) is 6.92 Å². The summed E-state index contributed by atoms with van der Waals surface area (Å²) in [6.07, 6.45) is 1.82. The average Bonchev–Trinajstić information content (AvgIpc) is 2.84. The minimum atomic E-state index is -0.171. The SMILES string of the molecule is C=C(C(=O)c1ccc(C(C)=O)cc1)C1CCC(C)O1. The van der Waals surface area contributed by atoms with Crippen LogP contribution in [0.3, 0.4) is 0 Å². The highest BCUT2D eigenvalue weighted by atomic mass is 16.5. The molecule has 0 N–H and O–H groups in total. The summed E-state index contributed by atoms with van der Waals surface area (Å²) in [6, 6.07) is 6.67. The van der Waals surface area contributed by atoms with Crippen LogP contribution in [0.4, 0.5) is 0 Å². The van der Waals surface area contributed by atoms with Gasteiger partial charge in [0.15, 0.2) is 11.6 Å². The molecular weight excluding hydrogens is 240 g/mol. The highest BCUT2D eigenvalue weighted by molar-refractivity contribution is 6.09. The topological polar surface area (TPSA) is 43.4 Å². The first-order valence-corrected chi connectivity index (χ1v) is 6.49. The standard InChI is InChI=1S/C16H18O3/c1-10-4-9-15(19-10)11(2)16(18)14-7-5-13(6-8-14)12(3)17/h5-8,10,15H,2,4,9H2,1,3H3. The van der Waals surface area contributed by atoms with Crippen molar-refractivity contribution in [2.45, 2.75) is 38.9 Å². The third kappa shape index (κ3) is 2.99. The molecule has 0 spiro atoms. The summed E-state index contributed by atoms with van der Waals surface area (Å²) in [6.45, 7) is 7.37. The Morgan fingerprint density at radius 3 is 2.21 bits per heavy atom. The number of ketones is 2. The molecule has 2 unspecified atom stereocenters. The molecule has 100 valence electrons. The maximum Gasteiger partial charge on any atom is 0.191 e. The molecule has 3 nitrogen and oxygen atoms in total. The molecule has 1 aliphatic rings. The molecule has 1 aromatic carbocycles. The van der Waals surface area contributed by atoms with Gasteiger partial charge in [-0.25, -0.2) is 0 Å². The quantitative estimate of drug-likeness (QED) is 0.615. The Hall–Kier alpha value is -1.74. The highest BCUT2D eigenvalue weighted by Crippen LogP contribution is 2.26. The zero-order valence-corrected chi connectivity index (χ0v) is 11.3. The monoisotopic (exact) mass is 258 g/mol. The van der Waals surface area contributed by atoms with Gasteiger partial charge in [0, 0.05) is 16.7 Å². The van der Waals surface area contributed by atoms with E-state index < -0.39 is 0 Å². The summed E-state index contributed by atoms with van der Waals surface area (Å²) < 4.78 is 5.65. The van der Waals surface area contributed by atoms with Crippen LogP contribution in [0, 0.1) is 0 Å². The Kier molecular flexibility index (Phi) is 3.96. The van der Waals surface area contributed by atoms with Crippen LogP contribution in [-0.4, -0.2) is 23.8 Å². The van der Waals surface area contributed by atoms with E-state index in [1.165, 1.54) is 6.92 Å². The van der Waals surface area contributed by atoms with E-state index in [0.29, 0.717) is 16.7 Å². The van der Waals surface area contributed by atoms with Gasteiger partial charge in [0.2, 0.25) is 0 Å². The van der Waals surface area contributed by atoms with E-state index in [4.69, 9.17) is 4.74 Å². The lowest BCUT2D eigenvalue weighted by atomic mass is 9.97. The fraction of sp³-hybridized carbons (Fsp3) is 0.375. The number of rotatable bonds is 4. The Morgan fingerprint density at radius 1 is 1.16 bits per heavy atom. The summed E-state index contributed by atoms with van der Waals surface area (Å²) >= 11 is 0. The Morgan fingerprint density at radius 2 is 1.74 bits per heavy atom. The highest BCUT2D eigenvalue weighted by Gasteiger charge is 2.28. The molecule has 1 aliphatic heterocycles. The summed E-state index contributed by atoms with van der Waals surface area (Å²) in [4.78, 5) is 23.4. The van der Waals surface area contributed by atoms with Crippen LogP contribution in [0.2, 0.25) is 0 Å². The van der Waals surface area contributed by atoms with Crippen molar-refractivity contribution in [3.05, 3.63) is 47.5 Å². The number of carbonyl (C=O) groups excluding carboxylic acids is 2. The molecule has 2 rings (SSSR count). The van der Waals surface area contributed by atoms with Gasteiger partial charge in [-0.05, 0) is 26.7 Å². The molecule has 1 aromatic rings. The van der Waals surface area contributed by atoms with Crippen LogP contribution >= 0.6 is 0 Å². The van der Waals surface area contributed by atoms with Gasteiger partial charge in [-0.1, -0.05) is 30.8 Å². The summed E-state index contributed by atoms with van der Waals surface area (Å²) in [7, 11) is 0. The van der Waals surface area contributed by atoms with Crippen LogP contribution in [0.25, 0.3) is 0 Å².